The average molecular weight is 534 g/mol. The van der Waals surface area contributed by atoms with Crippen LogP contribution < -0.4 is 15.5 Å². The molecule has 1 heterocycles. The van der Waals surface area contributed by atoms with Crippen LogP contribution >= 0.6 is 0 Å². The molecule has 0 saturated carbocycles. The van der Waals surface area contributed by atoms with E-state index in [0.29, 0.717) is 17.8 Å². The minimum atomic E-state index is -5.08. The van der Waals surface area contributed by atoms with Crippen molar-refractivity contribution < 1.29 is 30.0 Å². The number of nitrogens with two attached hydrogens (primary N) is 1. The van der Waals surface area contributed by atoms with Crippen LogP contribution in [0.4, 0.5) is 24.5 Å². The maximum atomic E-state index is 13.6. The zero-order valence-corrected chi connectivity index (χ0v) is 21.0. The van der Waals surface area contributed by atoms with Crippen LogP contribution in [-0.2, 0) is 26.2 Å². The Morgan fingerprint density at radius 1 is 1.23 bits per heavy atom. The molecule has 1 atom stereocenters. The van der Waals surface area contributed by atoms with E-state index in [2.05, 4.69) is 10.4 Å². The smallest absolute Gasteiger partial charge is 0.367 e. The van der Waals surface area contributed by atoms with Crippen LogP contribution in [0, 0.1) is 0 Å². The van der Waals surface area contributed by atoms with Crippen LogP contribution in [0.3, 0.4) is 0 Å². The van der Waals surface area contributed by atoms with E-state index < -0.39 is 47.7 Å². The van der Waals surface area contributed by atoms with Crippen molar-refractivity contribution in [2.75, 3.05) is 17.4 Å². The Labute approximate surface area is 202 Å². The van der Waals surface area contributed by atoms with Crippen LogP contribution in [0.15, 0.2) is 57.4 Å². The summed E-state index contributed by atoms with van der Waals surface area (Å²) in [4.78, 5) is -1.93. The van der Waals surface area contributed by atoms with Gasteiger partial charge < -0.3 is 5.32 Å². The third-order valence-corrected chi connectivity index (χ3v) is 8.25. The van der Waals surface area contributed by atoms with Crippen molar-refractivity contribution in [3.05, 3.63) is 48.0 Å². The third kappa shape index (κ3) is 5.60. The highest BCUT2D eigenvalue weighted by molar-refractivity contribution is 7.90. The van der Waals surface area contributed by atoms with Gasteiger partial charge in [0.2, 0.25) is 20.0 Å². The first-order chi connectivity index (χ1) is 16.0. The number of hydrogen-bond donors (Lipinski definition) is 2. The maximum Gasteiger partial charge on any atom is 0.417 e. The summed E-state index contributed by atoms with van der Waals surface area (Å²) >= 11 is 0. The molecule has 0 saturated heterocycles. The van der Waals surface area contributed by atoms with E-state index in [1.807, 2.05) is 44.2 Å². The van der Waals surface area contributed by atoms with Crippen LogP contribution in [0.2, 0.25) is 0 Å². The third-order valence-electron chi connectivity index (χ3n) is 5.39. The Morgan fingerprint density at radius 2 is 1.83 bits per heavy atom. The number of alkyl halides is 3. The number of hydrogen-bond acceptors (Lipinski definition) is 7. The number of nitrogens with one attached hydrogen (secondary N) is 1. The van der Waals surface area contributed by atoms with Gasteiger partial charge in [0.05, 0.1) is 28.0 Å². The molecule has 0 amide bonds. The first-order valence-electron chi connectivity index (χ1n) is 10.4. The monoisotopic (exact) mass is 533 g/mol. The van der Waals surface area contributed by atoms with E-state index >= 15 is 0 Å². The Hall–Kier alpha value is -2.68. The number of nitrogens with zero attached hydrogens (tertiary/aromatic N) is 3. The van der Waals surface area contributed by atoms with E-state index in [1.54, 1.807) is 11.9 Å². The van der Waals surface area contributed by atoms with E-state index in [9.17, 15) is 30.0 Å². The zero-order valence-electron chi connectivity index (χ0n) is 19.4. The van der Waals surface area contributed by atoms with Crippen molar-refractivity contribution in [1.29, 1.82) is 0 Å². The van der Waals surface area contributed by atoms with Crippen molar-refractivity contribution in [1.82, 2.24) is 4.31 Å². The Kier molecular flexibility index (Phi) is 7.24. The first kappa shape index (κ1) is 26.9. The number of fused-ring (bicyclic) bond motifs is 1. The molecule has 192 valence electrons. The first-order valence-corrected chi connectivity index (χ1v) is 13.4. The minimum Gasteiger partial charge on any atom is -0.367 e. The lowest BCUT2D eigenvalue weighted by Gasteiger charge is -2.35. The van der Waals surface area contributed by atoms with Gasteiger partial charge in [0.15, 0.2) is 0 Å². The highest BCUT2D eigenvalue weighted by Crippen LogP contribution is 2.41. The standard InChI is InChI=1S/C21H26F3N5O4S2/c1-13(2)29(15-8-6-5-7-9-15)27-14(3)10-20-26-17-11-16(21(22,23)24)18(34(25,30)31)12-19(17)35(32,33)28(20)4/h5-9,11-13,20,26H,10H2,1-4H3,(H2,25,30,31). The molecule has 9 nitrogen and oxygen atoms in total. The number of rotatable bonds is 6. The van der Waals surface area contributed by atoms with Crippen LogP contribution in [0.5, 0.6) is 0 Å². The lowest BCUT2D eigenvalue weighted by molar-refractivity contribution is -0.139. The number of benzene rings is 2. The summed E-state index contributed by atoms with van der Waals surface area (Å²) in [6.45, 7) is 5.54. The zero-order chi connectivity index (χ0) is 26.3. The number of primary sulfonamides is 1. The molecular weight excluding hydrogens is 507 g/mol. The highest BCUT2D eigenvalue weighted by atomic mass is 32.2. The predicted molar refractivity (Wildman–Crippen MR) is 127 cm³/mol. The fraction of sp³-hybridized carbons (Fsp3) is 0.381. The molecule has 35 heavy (non-hydrogen) atoms. The van der Waals surface area contributed by atoms with Crippen molar-refractivity contribution in [2.24, 2.45) is 10.2 Å². The molecule has 0 bridgehead atoms. The van der Waals surface area contributed by atoms with Gasteiger partial charge in [-0.05, 0) is 45.0 Å². The Morgan fingerprint density at radius 3 is 2.34 bits per heavy atom. The fourth-order valence-electron chi connectivity index (χ4n) is 3.67. The van der Waals surface area contributed by atoms with Gasteiger partial charge in [0.25, 0.3) is 0 Å². The molecule has 2 aromatic rings. The summed E-state index contributed by atoms with van der Waals surface area (Å²) < 4.78 is 91.4. The molecular formula is C21H26F3N5O4S2. The van der Waals surface area contributed by atoms with Crippen molar-refractivity contribution >= 4 is 37.1 Å². The van der Waals surface area contributed by atoms with Gasteiger partial charge in [-0.2, -0.15) is 22.6 Å². The molecule has 2 aromatic carbocycles. The lowest BCUT2D eigenvalue weighted by atomic mass is 10.1. The molecule has 0 aliphatic carbocycles. The molecule has 3 rings (SSSR count). The Bertz CT molecular complexity index is 1350. The topological polar surface area (TPSA) is 125 Å². The normalized spacial score (nSPS) is 18.8. The summed E-state index contributed by atoms with van der Waals surface area (Å²) in [7, 11) is -7.95. The molecule has 0 fully saturated rings. The van der Waals surface area contributed by atoms with Crippen molar-refractivity contribution in [3.63, 3.8) is 0 Å². The largest absolute Gasteiger partial charge is 0.417 e. The second-order valence-electron chi connectivity index (χ2n) is 8.38. The molecule has 1 aliphatic rings. The van der Waals surface area contributed by atoms with Gasteiger partial charge in [0.1, 0.15) is 4.90 Å². The molecule has 14 heteroatoms. The highest BCUT2D eigenvalue weighted by Gasteiger charge is 2.42. The van der Waals surface area contributed by atoms with Crippen LogP contribution in [-0.4, -0.2) is 46.1 Å². The van der Waals surface area contributed by atoms with Crippen LogP contribution in [0.1, 0.15) is 32.8 Å². The SMILES string of the molecule is CC(CC1Nc2cc(C(F)(F)F)c(S(N)(=O)=O)cc2S(=O)(=O)N1C)=NN(c1ccccc1)C(C)C. The average Bonchev–Trinajstić information content (AvgIpc) is 2.74. The summed E-state index contributed by atoms with van der Waals surface area (Å²) in [6, 6.07) is 10.2. The number of sulfonamides is 2. The molecule has 3 N–H and O–H groups in total. The summed E-state index contributed by atoms with van der Waals surface area (Å²) in [5, 5.41) is 14.1. The minimum absolute atomic E-state index is 0.0279. The van der Waals surface area contributed by atoms with Gasteiger partial charge in [-0.3, -0.25) is 5.01 Å². The summed E-state index contributed by atoms with van der Waals surface area (Å²) in [5.74, 6) is 0. The number of halogens is 3. The predicted octanol–water partition coefficient (Wildman–Crippen LogP) is 3.41. The summed E-state index contributed by atoms with van der Waals surface area (Å²) in [6.07, 6.45) is -6.00. The van der Waals surface area contributed by atoms with E-state index in [1.165, 1.54) is 7.05 Å². The molecule has 1 aliphatic heterocycles. The molecule has 0 spiro atoms. The van der Waals surface area contributed by atoms with E-state index in [4.69, 9.17) is 5.14 Å². The Balaban J connectivity index is 2.03. The van der Waals surface area contributed by atoms with Gasteiger partial charge >= 0.3 is 6.18 Å². The van der Waals surface area contributed by atoms with Crippen LogP contribution in [0.25, 0.3) is 0 Å². The van der Waals surface area contributed by atoms with Gasteiger partial charge in [-0.25, -0.2) is 22.0 Å². The number of anilines is 2. The number of para-hydroxylation sites is 1. The second kappa shape index (κ2) is 9.41. The molecule has 0 radical (unpaired) electrons. The molecule has 0 aromatic heterocycles. The maximum absolute atomic E-state index is 13.6. The summed E-state index contributed by atoms with van der Waals surface area (Å²) in [5.41, 5.74) is -0.590. The molecule has 1 unspecified atom stereocenters. The lowest BCUT2D eigenvalue weighted by Crippen LogP contribution is -2.47. The van der Waals surface area contributed by atoms with E-state index in [0.717, 1.165) is 9.99 Å². The van der Waals surface area contributed by atoms with Crippen molar-refractivity contribution in [3.8, 4) is 0 Å². The number of hydrazone groups is 1. The van der Waals surface area contributed by atoms with Gasteiger partial charge in [-0.15, -0.1) is 0 Å². The van der Waals surface area contributed by atoms with E-state index in [-0.39, 0.29) is 18.2 Å². The quantitative estimate of drug-likeness (QED) is 0.433. The fourth-order valence-corrected chi connectivity index (χ4v) is 5.95. The second-order valence-corrected chi connectivity index (χ2v) is 11.9. The van der Waals surface area contributed by atoms with Gasteiger partial charge in [0, 0.05) is 25.2 Å². The van der Waals surface area contributed by atoms with Gasteiger partial charge in [-0.1, -0.05) is 18.2 Å². The van der Waals surface area contributed by atoms with Crippen molar-refractivity contribution in [2.45, 2.75) is 55.4 Å².